The van der Waals surface area contributed by atoms with Crippen molar-refractivity contribution in [3.8, 4) is 0 Å². The van der Waals surface area contributed by atoms with E-state index in [1.54, 1.807) is 43.4 Å². The largest absolute Gasteiger partial charge is 0.465 e. The number of carbonyl (C=O) groups excluding carboxylic acids is 1. The summed E-state index contributed by atoms with van der Waals surface area (Å²) in [5.74, 6) is -0.505. The highest BCUT2D eigenvalue weighted by Gasteiger charge is 2.14. The second-order valence-corrected chi connectivity index (χ2v) is 4.40. The van der Waals surface area contributed by atoms with E-state index < -0.39 is 5.97 Å². The van der Waals surface area contributed by atoms with Gasteiger partial charge in [0.05, 0.1) is 24.5 Å². The van der Waals surface area contributed by atoms with Gasteiger partial charge in [-0.05, 0) is 18.2 Å². The first kappa shape index (κ1) is 13.8. The van der Waals surface area contributed by atoms with Crippen LogP contribution in [0.5, 0.6) is 0 Å². The number of esters is 1. The van der Waals surface area contributed by atoms with Gasteiger partial charge >= 0.3 is 5.97 Å². The molecule has 104 valence electrons. The average molecular weight is 273 g/mol. The second kappa shape index (κ2) is 5.56. The van der Waals surface area contributed by atoms with E-state index in [1.165, 1.54) is 23.9 Å². The van der Waals surface area contributed by atoms with Gasteiger partial charge in [0.1, 0.15) is 5.69 Å². The van der Waals surface area contributed by atoms with Crippen LogP contribution in [-0.4, -0.2) is 42.8 Å². The Bertz CT molecular complexity index is 732. The summed E-state index contributed by atoms with van der Waals surface area (Å²) in [7, 11) is 4.89. The zero-order valence-corrected chi connectivity index (χ0v) is 11.5. The van der Waals surface area contributed by atoms with Crippen LogP contribution in [0.4, 0.5) is 5.69 Å². The fourth-order valence-electron chi connectivity index (χ4n) is 1.78. The van der Waals surface area contributed by atoms with Crippen LogP contribution in [0, 0.1) is 0 Å². The predicted octanol–water partition coefficient (Wildman–Crippen LogP) is 1.31. The number of hydrogen-bond donors (Lipinski definition) is 0. The number of aliphatic imine (C=N–C) groups is 1. The summed E-state index contributed by atoms with van der Waals surface area (Å²) in [5.41, 5.74) is 0.695. The number of ether oxygens (including phenoxy) is 1. The fourth-order valence-corrected chi connectivity index (χ4v) is 1.78. The van der Waals surface area contributed by atoms with E-state index >= 15 is 0 Å². The van der Waals surface area contributed by atoms with Gasteiger partial charge in [0.25, 0.3) is 5.56 Å². The van der Waals surface area contributed by atoms with Crippen molar-refractivity contribution in [1.82, 2.24) is 9.30 Å². The molecule has 0 saturated heterocycles. The molecular formula is C14H15N3O3. The molecular weight excluding hydrogens is 258 g/mol. The molecule has 0 bridgehead atoms. The molecule has 0 radical (unpaired) electrons. The van der Waals surface area contributed by atoms with E-state index in [0.717, 1.165) is 0 Å². The maximum Gasteiger partial charge on any atom is 0.340 e. The lowest BCUT2D eigenvalue weighted by Crippen LogP contribution is -2.17. The second-order valence-electron chi connectivity index (χ2n) is 4.40. The minimum absolute atomic E-state index is 0.183. The summed E-state index contributed by atoms with van der Waals surface area (Å²) < 4.78 is 6.13. The van der Waals surface area contributed by atoms with Gasteiger partial charge in [-0.3, -0.25) is 9.20 Å². The molecule has 0 aliphatic carbocycles. The van der Waals surface area contributed by atoms with E-state index in [2.05, 4.69) is 4.99 Å². The van der Waals surface area contributed by atoms with Crippen molar-refractivity contribution in [3.05, 3.63) is 46.4 Å². The number of pyridine rings is 2. The van der Waals surface area contributed by atoms with Gasteiger partial charge in [0.2, 0.25) is 0 Å². The molecule has 20 heavy (non-hydrogen) atoms. The molecule has 6 heteroatoms. The van der Waals surface area contributed by atoms with Gasteiger partial charge in [-0.1, -0.05) is 6.07 Å². The quantitative estimate of drug-likeness (QED) is 0.480. The standard InChI is InChI=1S/C14H15N3O3/c1-16(2)9-15-11-8-10(14(19)20-3)12-6-4-5-7-17(12)13(11)18/h4-9H,1-3H3. The van der Waals surface area contributed by atoms with Crippen LogP contribution < -0.4 is 5.56 Å². The highest BCUT2D eigenvalue weighted by atomic mass is 16.5. The lowest BCUT2D eigenvalue weighted by molar-refractivity contribution is 0.0602. The zero-order chi connectivity index (χ0) is 14.7. The lowest BCUT2D eigenvalue weighted by Gasteiger charge is -2.08. The fraction of sp³-hybridized carbons (Fsp3) is 0.214. The Morgan fingerprint density at radius 2 is 2.15 bits per heavy atom. The monoisotopic (exact) mass is 273 g/mol. The van der Waals surface area contributed by atoms with Crippen LogP contribution in [0.3, 0.4) is 0 Å². The van der Waals surface area contributed by atoms with Crippen LogP contribution >= 0.6 is 0 Å². The van der Waals surface area contributed by atoms with Crippen LogP contribution in [-0.2, 0) is 4.74 Å². The van der Waals surface area contributed by atoms with Gasteiger partial charge in [-0.2, -0.15) is 0 Å². The summed E-state index contributed by atoms with van der Waals surface area (Å²) >= 11 is 0. The van der Waals surface area contributed by atoms with Gasteiger partial charge in [0.15, 0.2) is 0 Å². The van der Waals surface area contributed by atoms with Crippen LogP contribution in [0.2, 0.25) is 0 Å². The molecule has 0 atom stereocenters. The predicted molar refractivity (Wildman–Crippen MR) is 76.8 cm³/mol. The Labute approximate surface area is 115 Å². The van der Waals surface area contributed by atoms with Gasteiger partial charge in [0, 0.05) is 20.3 Å². The molecule has 0 unspecified atom stereocenters. The summed E-state index contributed by atoms with van der Waals surface area (Å²) in [6.45, 7) is 0. The SMILES string of the molecule is COC(=O)c1cc(N=CN(C)C)c(=O)n2ccccc12. The summed E-state index contributed by atoms with van der Waals surface area (Å²) in [4.78, 5) is 29.9. The molecule has 0 spiro atoms. The number of methoxy groups -OCH3 is 1. The van der Waals surface area contributed by atoms with Crippen molar-refractivity contribution >= 4 is 23.5 Å². The van der Waals surface area contributed by atoms with Crippen molar-refractivity contribution in [2.24, 2.45) is 4.99 Å². The maximum atomic E-state index is 12.3. The average Bonchev–Trinajstić information content (AvgIpc) is 2.46. The molecule has 0 aliphatic heterocycles. The lowest BCUT2D eigenvalue weighted by atomic mass is 10.2. The molecule has 2 heterocycles. The smallest absolute Gasteiger partial charge is 0.340 e. The van der Waals surface area contributed by atoms with Crippen molar-refractivity contribution in [3.63, 3.8) is 0 Å². The molecule has 2 aromatic heterocycles. The number of fused-ring (bicyclic) bond motifs is 1. The number of nitrogens with zero attached hydrogens (tertiary/aromatic N) is 3. The van der Waals surface area contributed by atoms with Crippen LogP contribution in [0.15, 0.2) is 40.2 Å². The van der Waals surface area contributed by atoms with Crippen molar-refractivity contribution in [2.75, 3.05) is 21.2 Å². The maximum absolute atomic E-state index is 12.3. The van der Waals surface area contributed by atoms with Crippen molar-refractivity contribution in [2.45, 2.75) is 0 Å². The summed E-state index contributed by atoms with van der Waals surface area (Å²) in [6.07, 6.45) is 3.10. The Hall–Kier alpha value is -2.63. The first-order chi connectivity index (χ1) is 9.54. The topological polar surface area (TPSA) is 63.4 Å². The molecule has 2 aromatic rings. The number of carbonyl (C=O) groups is 1. The van der Waals surface area contributed by atoms with E-state index in [4.69, 9.17) is 4.74 Å². The van der Waals surface area contributed by atoms with E-state index in [0.29, 0.717) is 11.1 Å². The Morgan fingerprint density at radius 1 is 1.40 bits per heavy atom. The van der Waals surface area contributed by atoms with E-state index in [1.807, 2.05) is 0 Å². The van der Waals surface area contributed by atoms with Crippen molar-refractivity contribution in [1.29, 1.82) is 0 Å². The third-order valence-electron chi connectivity index (χ3n) is 2.69. The first-order valence-electron chi connectivity index (χ1n) is 5.98. The Kier molecular flexibility index (Phi) is 3.84. The molecule has 0 saturated carbocycles. The zero-order valence-electron chi connectivity index (χ0n) is 11.5. The van der Waals surface area contributed by atoms with Crippen molar-refractivity contribution < 1.29 is 9.53 Å². The van der Waals surface area contributed by atoms with Gasteiger partial charge in [-0.15, -0.1) is 0 Å². The van der Waals surface area contributed by atoms with E-state index in [-0.39, 0.29) is 11.2 Å². The molecule has 2 rings (SSSR count). The molecule has 0 aliphatic rings. The number of hydrogen-bond acceptors (Lipinski definition) is 4. The third-order valence-corrected chi connectivity index (χ3v) is 2.69. The Morgan fingerprint density at radius 3 is 2.80 bits per heavy atom. The molecule has 6 nitrogen and oxygen atoms in total. The molecule has 0 fully saturated rings. The summed E-state index contributed by atoms with van der Waals surface area (Å²) in [6, 6.07) is 6.61. The number of aromatic nitrogens is 1. The number of rotatable bonds is 3. The van der Waals surface area contributed by atoms with Gasteiger partial charge in [-0.25, -0.2) is 9.79 Å². The minimum Gasteiger partial charge on any atom is -0.465 e. The minimum atomic E-state index is -0.505. The molecule has 0 N–H and O–H groups in total. The normalized spacial score (nSPS) is 10.9. The first-order valence-corrected chi connectivity index (χ1v) is 5.98. The Balaban J connectivity index is 2.75. The van der Waals surface area contributed by atoms with Crippen LogP contribution in [0.1, 0.15) is 10.4 Å². The van der Waals surface area contributed by atoms with E-state index in [9.17, 15) is 9.59 Å². The molecule has 0 amide bonds. The highest BCUT2D eigenvalue weighted by Crippen LogP contribution is 2.16. The summed E-state index contributed by atoms with van der Waals surface area (Å²) in [5, 5.41) is 0. The molecule has 0 aromatic carbocycles. The van der Waals surface area contributed by atoms with Gasteiger partial charge < -0.3 is 9.64 Å². The van der Waals surface area contributed by atoms with Crippen LogP contribution in [0.25, 0.3) is 5.52 Å². The highest BCUT2D eigenvalue weighted by molar-refractivity contribution is 5.97. The third kappa shape index (κ3) is 2.54.